The minimum absolute atomic E-state index is 0.127. The van der Waals surface area contributed by atoms with Crippen LogP contribution in [0.15, 0.2) is 24.5 Å². The Bertz CT molecular complexity index is 677. The summed E-state index contributed by atoms with van der Waals surface area (Å²) in [7, 11) is 4.17. The van der Waals surface area contributed by atoms with Crippen LogP contribution in [-0.2, 0) is 20.0 Å². The van der Waals surface area contributed by atoms with Crippen LogP contribution in [0.3, 0.4) is 0 Å². The first-order valence-corrected chi connectivity index (χ1v) is 8.41. The van der Waals surface area contributed by atoms with Gasteiger partial charge in [0.15, 0.2) is 5.82 Å². The molecule has 2 aromatic rings. The van der Waals surface area contributed by atoms with Crippen molar-refractivity contribution >= 4 is 5.78 Å². The van der Waals surface area contributed by atoms with Crippen LogP contribution in [-0.4, -0.2) is 44.9 Å². The highest BCUT2D eigenvalue weighted by Crippen LogP contribution is 2.21. The first-order chi connectivity index (χ1) is 11.0. The van der Waals surface area contributed by atoms with Crippen LogP contribution >= 0.6 is 0 Å². The second-order valence-electron chi connectivity index (χ2n) is 6.70. The van der Waals surface area contributed by atoms with Gasteiger partial charge in [-0.3, -0.25) is 4.79 Å². The molecular formula is C18H26N4O. The number of hydrogen-bond donors (Lipinski definition) is 0. The van der Waals surface area contributed by atoms with Gasteiger partial charge in [0.1, 0.15) is 0 Å². The number of hydrogen-bond acceptors (Lipinski definition) is 3. The van der Waals surface area contributed by atoms with E-state index < -0.39 is 0 Å². The van der Waals surface area contributed by atoms with Crippen LogP contribution in [0.2, 0.25) is 0 Å². The third-order valence-corrected chi connectivity index (χ3v) is 4.87. The first-order valence-electron chi connectivity index (χ1n) is 8.41. The Morgan fingerprint density at radius 1 is 1.30 bits per heavy atom. The minimum atomic E-state index is 0.127. The van der Waals surface area contributed by atoms with Gasteiger partial charge in [-0.2, -0.15) is 0 Å². The molecule has 0 spiro atoms. The lowest BCUT2D eigenvalue weighted by Gasteiger charge is -2.27. The van der Waals surface area contributed by atoms with Gasteiger partial charge in [0.2, 0.25) is 5.78 Å². The molecule has 0 unspecified atom stereocenters. The molecule has 5 nitrogen and oxygen atoms in total. The van der Waals surface area contributed by atoms with Gasteiger partial charge >= 0.3 is 0 Å². The SMILES string of the molecule is Cc1cn(CCc2cccn2C)c(C(=O)C2CCN(C)CC2)n1. The van der Waals surface area contributed by atoms with E-state index >= 15 is 0 Å². The van der Waals surface area contributed by atoms with Crippen LogP contribution in [0, 0.1) is 12.8 Å². The number of ketones is 1. The quantitative estimate of drug-likeness (QED) is 0.795. The van der Waals surface area contributed by atoms with Gasteiger partial charge in [0, 0.05) is 44.0 Å². The number of Topliss-reactive ketones (excluding diaryl/α,β-unsaturated/α-hetero) is 1. The van der Waals surface area contributed by atoms with Crippen molar-refractivity contribution in [2.45, 2.75) is 32.7 Å². The summed E-state index contributed by atoms with van der Waals surface area (Å²) in [4.78, 5) is 19.7. The van der Waals surface area contributed by atoms with Crippen LogP contribution in [0.5, 0.6) is 0 Å². The van der Waals surface area contributed by atoms with Crippen LogP contribution in [0.25, 0.3) is 0 Å². The minimum Gasteiger partial charge on any atom is -0.354 e. The molecule has 1 aliphatic heterocycles. The average Bonchev–Trinajstić information content (AvgIpc) is 3.11. The molecule has 1 fully saturated rings. The zero-order chi connectivity index (χ0) is 16.4. The van der Waals surface area contributed by atoms with Crippen molar-refractivity contribution in [1.29, 1.82) is 0 Å². The summed E-state index contributed by atoms with van der Waals surface area (Å²) in [5.74, 6) is 0.992. The van der Waals surface area contributed by atoms with Gasteiger partial charge in [-0.15, -0.1) is 0 Å². The molecule has 0 aromatic carbocycles. The Hall–Kier alpha value is -1.88. The summed E-state index contributed by atoms with van der Waals surface area (Å²) in [6, 6.07) is 4.18. The second kappa shape index (κ2) is 6.71. The number of nitrogens with zero attached hydrogens (tertiary/aromatic N) is 4. The zero-order valence-corrected chi connectivity index (χ0v) is 14.3. The van der Waals surface area contributed by atoms with E-state index in [-0.39, 0.29) is 11.7 Å². The highest BCUT2D eigenvalue weighted by molar-refractivity contribution is 5.95. The average molecular weight is 314 g/mol. The number of piperidine rings is 1. The van der Waals surface area contributed by atoms with Crippen molar-refractivity contribution in [2.24, 2.45) is 13.0 Å². The normalized spacial score (nSPS) is 16.8. The molecule has 1 aliphatic rings. The fourth-order valence-corrected chi connectivity index (χ4v) is 3.36. The molecule has 0 radical (unpaired) electrons. The van der Waals surface area contributed by atoms with Crippen LogP contribution in [0.4, 0.5) is 0 Å². The van der Waals surface area contributed by atoms with Crippen molar-refractivity contribution in [1.82, 2.24) is 19.0 Å². The van der Waals surface area contributed by atoms with Gasteiger partial charge in [-0.05, 0) is 52.0 Å². The third-order valence-electron chi connectivity index (χ3n) is 4.87. The number of aryl methyl sites for hydroxylation is 4. The summed E-state index contributed by atoms with van der Waals surface area (Å²) in [6.45, 7) is 4.76. The molecule has 0 saturated carbocycles. The van der Waals surface area contributed by atoms with Crippen molar-refractivity contribution in [3.8, 4) is 0 Å². The standard InChI is InChI=1S/C18H26N4O/c1-14-13-22(12-8-16-5-4-9-21(16)3)18(19-14)17(23)15-6-10-20(2)11-7-15/h4-5,9,13,15H,6-8,10-12H2,1-3H3. The van der Waals surface area contributed by atoms with E-state index in [4.69, 9.17) is 0 Å². The Labute approximate surface area is 137 Å². The van der Waals surface area contributed by atoms with E-state index in [0.29, 0.717) is 5.82 Å². The second-order valence-corrected chi connectivity index (χ2v) is 6.70. The number of aromatic nitrogens is 3. The summed E-state index contributed by atoms with van der Waals surface area (Å²) in [6.07, 6.45) is 6.86. The summed E-state index contributed by atoms with van der Waals surface area (Å²) in [5, 5.41) is 0. The Balaban J connectivity index is 1.72. The van der Waals surface area contributed by atoms with E-state index in [0.717, 1.165) is 44.6 Å². The molecule has 5 heteroatoms. The lowest BCUT2D eigenvalue weighted by atomic mass is 9.92. The molecule has 0 atom stereocenters. The predicted molar refractivity (Wildman–Crippen MR) is 90.6 cm³/mol. The Kier molecular flexibility index (Phi) is 4.66. The fraction of sp³-hybridized carbons (Fsp3) is 0.556. The maximum atomic E-state index is 12.9. The van der Waals surface area contributed by atoms with E-state index in [1.807, 2.05) is 17.7 Å². The summed E-state index contributed by atoms with van der Waals surface area (Å²) >= 11 is 0. The van der Waals surface area contributed by atoms with Crippen molar-refractivity contribution in [2.75, 3.05) is 20.1 Å². The monoisotopic (exact) mass is 314 g/mol. The van der Waals surface area contributed by atoms with Crippen molar-refractivity contribution in [3.63, 3.8) is 0 Å². The number of carbonyl (C=O) groups is 1. The van der Waals surface area contributed by atoms with E-state index in [2.05, 4.69) is 46.9 Å². The number of imidazole rings is 1. The Morgan fingerprint density at radius 3 is 2.70 bits per heavy atom. The van der Waals surface area contributed by atoms with Crippen molar-refractivity contribution in [3.05, 3.63) is 41.7 Å². The molecule has 0 bridgehead atoms. The molecular weight excluding hydrogens is 288 g/mol. The first kappa shape index (κ1) is 16.0. The highest BCUT2D eigenvalue weighted by Gasteiger charge is 2.27. The largest absolute Gasteiger partial charge is 0.354 e. The molecule has 1 saturated heterocycles. The van der Waals surface area contributed by atoms with Crippen molar-refractivity contribution < 1.29 is 4.79 Å². The van der Waals surface area contributed by atoms with Gasteiger partial charge < -0.3 is 14.0 Å². The smallest absolute Gasteiger partial charge is 0.201 e. The Morgan fingerprint density at radius 2 is 2.04 bits per heavy atom. The molecule has 0 N–H and O–H groups in total. The van der Waals surface area contributed by atoms with Gasteiger partial charge in [0.05, 0.1) is 5.69 Å². The summed E-state index contributed by atoms with van der Waals surface area (Å²) in [5.41, 5.74) is 2.20. The third kappa shape index (κ3) is 3.55. The van der Waals surface area contributed by atoms with E-state index in [1.54, 1.807) is 0 Å². The topological polar surface area (TPSA) is 43.1 Å². The fourth-order valence-electron chi connectivity index (χ4n) is 3.36. The maximum absolute atomic E-state index is 12.9. The van der Waals surface area contributed by atoms with Crippen LogP contribution in [0.1, 0.15) is 34.8 Å². The molecule has 0 aliphatic carbocycles. The lowest BCUT2D eigenvalue weighted by molar-refractivity contribution is 0.0841. The zero-order valence-electron chi connectivity index (χ0n) is 14.3. The lowest BCUT2D eigenvalue weighted by Crippen LogP contribution is -2.34. The number of likely N-dealkylation sites (tertiary alicyclic amines) is 1. The number of carbonyl (C=O) groups excluding carboxylic acids is 1. The molecule has 23 heavy (non-hydrogen) atoms. The molecule has 3 heterocycles. The number of rotatable bonds is 5. The highest BCUT2D eigenvalue weighted by atomic mass is 16.1. The van der Waals surface area contributed by atoms with Crippen LogP contribution < -0.4 is 0 Å². The molecule has 2 aromatic heterocycles. The van der Waals surface area contributed by atoms with Gasteiger partial charge in [0.25, 0.3) is 0 Å². The predicted octanol–water partition coefficient (Wildman–Crippen LogP) is 2.30. The maximum Gasteiger partial charge on any atom is 0.201 e. The molecule has 0 amide bonds. The van der Waals surface area contributed by atoms with Gasteiger partial charge in [-0.1, -0.05) is 0 Å². The van der Waals surface area contributed by atoms with E-state index in [9.17, 15) is 4.79 Å². The summed E-state index contributed by atoms with van der Waals surface area (Å²) < 4.78 is 4.17. The molecule has 124 valence electrons. The molecule has 3 rings (SSSR count). The van der Waals surface area contributed by atoms with Gasteiger partial charge in [-0.25, -0.2) is 4.98 Å². The van der Waals surface area contributed by atoms with E-state index in [1.165, 1.54) is 5.69 Å².